The summed E-state index contributed by atoms with van der Waals surface area (Å²) in [6, 6.07) is 19.3. The molecular formula is C22H22N2O3. The zero-order valence-corrected chi connectivity index (χ0v) is 15.1. The van der Waals surface area contributed by atoms with Crippen molar-refractivity contribution in [1.29, 1.82) is 0 Å². The highest BCUT2D eigenvalue weighted by atomic mass is 16.5. The molecule has 3 aromatic rings. The molecule has 0 aliphatic heterocycles. The average molecular weight is 362 g/mol. The zero-order chi connectivity index (χ0) is 19.4. The van der Waals surface area contributed by atoms with Crippen LogP contribution in [0.15, 0.2) is 60.7 Å². The van der Waals surface area contributed by atoms with Crippen molar-refractivity contribution in [3.05, 3.63) is 77.4 Å². The van der Waals surface area contributed by atoms with Crippen molar-refractivity contribution in [3.63, 3.8) is 0 Å². The first-order valence-corrected chi connectivity index (χ1v) is 8.75. The minimum Gasteiger partial charge on any atom is -0.496 e. The predicted octanol–water partition coefficient (Wildman–Crippen LogP) is 3.34. The van der Waals surface area contributed by atoms with Crippen LogP contribution in [0.5, 0.6) is 5.75 Å². The molecule has 1 atom stereocenters. The Balaban J connectivity index is 2.17. The molecule has 3 aromatic carbocycles. The average Bonchev–Trinajstić information content (AvgIpc) is 2.67. The summed E-state index contributed by atoms with van der Waals surface area (Å²) in [5.41, 5.74) is 13.4. The van der Waals surface area contributed by atoms with E-state index in [0.717, 1.165) is 16.5 Å². The van der Waals surface area contributed by atoms with Gasteiger partial charge in [0.1, 0.15) is 5.75 Å². The lowest BCUT2D eigenvalue weighted by Crippen LogP contribution is -2.13. The molecule has 27 heavy (non-hydrogen) atoms. The van der Waals surface area contributed by atoms with Crippen LogP contribution in [0.2, 0.25) is 0 Å². The van der Waals surface area contributed by atoms with Gasteiger partial charge in [0.2, 0.25) is 11.8 Å². The molecule has 0 radical (unpaired) electrons. The smallest absolute Gasteiger partial charge is 0.249 e. The highest BCUT2D eigenvalue weighted by Crippen LogP contribution is 2.37. The number of primary amides is 2. The Morgan fingerprint density at radius 1 is 0.963 bits per heavy atom. The lowest BCUT2D eigenvalue weighted by atomic mass is 9.85. The number of methoxy groups -OCH3 is 1. The van der Waals surface area contributed by atoms with Gasteiger partial charge in [0, 0.05) is 17.7 Å². The predicted molar refractivity (Wildman–Crippen MR) is 106 cm³/mol. The summed E-state index contributed by atoms with van der Waals surface area (Å²) in [7, 11) is 1.57. The normalized spacial score (nSPS) is 11.9. The monoisotopic (exact) mass is 362 g/mol. The standard InChI is InChI=1S/C22H22N2O3/c1-27-19-13-16(12-15-8-5-9-18(21(15)19)22(24)26)17(10-11-20(23)25)14-6-3-2-4-7-14/h2-9,12-13,17H,10-11H2,1H3,(H2,23,25)(H2,24,26). The van der Waals surface area contributed by atoms with Crippen LogP contribution < -0.4 is 16.2 Å². The van der Waals surface area contributed by atoms with Crippen molar-refractivity contribution >= 4 is 22.6 Å². The molecule has 0 saturated heterocycles. The van der Waals surface area contributed by atoms with Crippen LogP contribution in [0.25, 0.3) is 10.8 Å². The van der Waals surface area contributed by atoms with Crippen LogP contribution in [0.4, 0.5) is 0 Å². The summed E-state index contributed by atoms with van der Waals surface area (Å²) in [4.78, 5) is 23.2. The van der Waals surface area contributed by atoms with E-state index in [1.807, 2.05) is 48.5 Å². The van der Waals surface area contributed by atoms with Crippen molar-refractivity contribution in [2.75, 3.05) is 7.11 Å². The van der Waals surface area contributed by atoms with E-state index in [4.69, 9.17) is 16.2 Å². The molecule has 0 bridgehead atoms. The van der Waals surface area contributed by atoms with Gasteiger partial charge in [0.15, 0.2) is 0 Å². The van der Waals surface area contributed by atoms with Crippen LogP contribution >= 0.6 is 0 Å². The van der Waals surface area contributed by atoms with Gasteiger partial charge in [-0.05, 0) is 35.1 Å². The van der Waals surface area contributed by atoms with Gasteiger partial charge in [0.05, 0.1) is 12.7 Å². The Hall–Kier alpha value is -3.34. The van der Waals surface area contributed by atoms with Crippen LogP contribution in [0.3, 0.4) is 0 Å². The number of amides is 2. The summed E-state index contributed by atoms with van der Waals surface area (Å²) < 4.78 is 5.57. The third-order valence-electron chi connectivity index (χ3n) is 4.73. The van der Waals surface area contributed by atoms with E-state index in [0.29, 0.717) is 23.1 Å². The number of fused-ring (bicyclic) bond motifs is 1. The van der Waals surface area contributed by atoms with Gasteiger partial charge in [-0.3, -0.25) is 9.59 Å². The van der Waals surface area contributed by atoms with Gasteiger partial charge in [-0.15, -0.1) is 0 Å². The first-order valence-electron chi connectivity index (χ1n) is 8.75. The largest absolute Gasteiger partial charge is 0.496 e. The second-order valence-electron chi connectivity index (χ2n) is 6.46. The fourth-order valence-corrected chi connectivity index (χ4v) is 3.48. The molecule has 0 aromatic heterocycles. The van der Waals surface area contributed by atoms with Gasteiger partial charge in [0.25, 0.3) is 0 Å². The third-order valence-corrected chi connectivity index (χ3v) is 4.73. The van der Waals surface area contributed by atoms with E-state index in [1.54, 1.807) is 19.2 Å². The second kappa shape index (κ2) is 7.91. The molecular weight excluding hydrogens is 340 g/mol. The molecule has 0 spiro atoms. The summed E-state index contributed by atoms with van der Waals surface area (Å²) >= 11 is 0. The molecule has 5 nitrogen and oxygen atoms in total. The maximum absolute atomic E-state index is 11.8. The van der Waals surface area contributed by atoms with Crippen LogP contribution in [-0.2, 0) is 4.79 Å². The molecule has 2 amide bonds. The fourth-order valence-electron chi connectivity index (χ4n) is 3.48. The summed E-state index contributed by atoms with van der Waals surface area (Å²) in [5, 5.41) is 1.55. The van der Waals surface area contributed by atoms with E-state index in [1.165, 1.54) is 0 Å². The molecule has 3 rings (SSSR count). The number of ether oxygens (including phenoxy) is 1. The Morgan fingerprint density at radius 2 is 1.70 bits per heavy atom. The van der Waals surface area contributed by atoms with Crippen LogP contribution in [0, 0.1) is 0 Å². The van der Waals surface area contributed by atoms with Gasteiger partial charge in [-0.2, -0.15) is 0 Å². The van der Waals surface area contributed by atoms with Gasteiger partial charge in [-0.1, -0.05) is 48.5 Å². The minimum atomic E-state index is -0.500. The quantitative estimate of drug-likeness (QED) is 0.675. The number of carbonyl (C=O) groups is 2. The summed E-state index contributed by atoms with van der Waals surface area (Å²) in [5.74, 6) is -0.272. The van der Waals surface area contributed by atoms with E-state index in [9.17, 15) is 9.59 Å². The Morgan fingerprint density at radius 3 is 2.33 bits per heavy atom. The number of hydrogen-bond acceptors (Lipinski definition) is 3. The van der Waals surface area contributed by atoms with Gasteiger partial charge >= 0.3 is 0 Å². The number of benzene rings is 3. The van der Waals surface area contributed by atoms with E-state index in [2.05, 4.69) is 0 Å². The maximum Gasteiger partial charge on any atom is 0.249 e. The third kappa shape index (κ3) is 3.92. The molecule has 1 unspecified atom stereocenters. The van der Waals surface area contributed by atoms with E-state index in [-0.39, 0.29) is 18.2 Å². The first-order chi connectivity index (χ1) is 13.0. The lowest BCUT2D eigenvalue weighted by molar-refractivity contribution is -0.118. The second-order valence-corrected chi connectivity index (χ2v) is 6.46. The number of hydrogen-bond donors (Lipinski definition) is 2. The zero-order valence-electron chi connectivity index (χ0n) is 15.1. The molecule has 0 aliphatic rings. The lowest BCUT2D eigenvalue weighted by Gasteiger charge is -2.20. The van der Waals surface area contributed by atoms with Gasteiger partial charge < -0.3 is 16.2 Å². The van der Waals surface area contributed by atoms with Crippen molar-refractivity contribution in [2.24, 2.45) is 11.5 Å². The molecule has 4 N–H and O–H groups in total. The minimum absolute atomic E-state index is 0.0192. The van der Waals surface area contributed by atoms with Crippen LogP contribution in [-0.4, -0.2) is 18.9 Å². The Kier molecular flexibility index (Phi) is 5.41. The SMILES string of the molecule is COc1cc(C(CCC(N)=O)c2ccccc2)cc2cccc(C(N)=O)c12. The van der Waals surface area contributed by atoms with Crippen molar-refractivity contribution in [1.82, 2.24) is 0 Å². The number of nitrogens with two attached hydrogens (primary N) is 2. The Labute approximate surface area is 157 Å². The summed E-state index contributed by atoms with van der Waals surface area (Å²) in [6.07, 6.45) is 0.866. The molecule has 0 saturated carbocycles. The topological polar surface area (TPSA) is 95.4 Å². The highest BCUT2D eigenvalue weighted by molar-refractivity contribution is 6.09. The number of carbonyl (C=O) groups excluding carboxylic acids is 2. The van der Waals surface area contributed by atoms with Crippen molar-refractivity contribution in [2.45, 2.75) is 18.8 Å². The van der Waals surface area contributed by atoms with Crippen molar-refractivity contribution < 1.29 is 14.3 Å². The highest BCUT2D eigenvalue weighted by Gasteiger charge is 2.19. The molecule has 0 aliphatic carbocycles. The summed E-state index contributed by atoms with van der Waals surface area (Å²) in [6.45, 7) is 0. The molecule has 5 heteroatoms. The molecule has 138 valence electrons. The van der Waals surface area contributed by atoms with Crippen LogP contribution in [0.1, 0.15) is 40.2 Å². The van der Waals surface area contributed by atoms with Gasteiger partial charge in [-0.25, -0.2) is 0 Å². The maximum atomic E-state index is 11.8. The van der Waals surface area contributed by atoms with E-state index >= 15 is 0 Å². The molecule has 0 fully saturated rings. The van der Waals surface area contributed by atoms with E-state index < -0.39 is 5.91 Å². The fraction of sp³-hybridized carbons (Fsp3) is 0.182. The Bertz CT molecular complexity index is 984. The molecule has 0 heterocycles. The first kappa shape index (κ1) is 18.5. The van der Waals surface area contributed by atoms with Crippen molar-refractivity contribution in [3.8, 4) is 5.75 Å². The number of rotatable bonds is 7.